The second kappa shape index (κ2) is 14.3. The molecule has 3 fully saturated rings. The number of fused-ring (bicyclic) bond motifs is 3. The minimum absolute atomic E-state index is 0.0651. The van der Waals surface area contributed by atoms with E-state index in [-0.39, 0.29) is 25.9 Å². The number of carbonyl (C=O) groups is 5. The van der Waals surface area contributed by atoms with Crippen LogP contribution in [0.4, 0.5) is 9.59 Å². The number of hydrogen-bond donors (Lipinski definition) is 4. The zero-order valence-corrected chi connectivity index (χ0v) is 30.8. The van der Waals surface area contributed by atoms with Crippen molar-refractivity contribution in [2.45, 2.75) is 126 Å². The van der Waals surface area contributed by atoms with Crippen LogP contribution in [0, 0.1) is 5.92 Å². The molecule has 5 atom stereocenters. The summed E-state index contributed by atoms with van der Waals surface area (Å²) < 4.78 is 33.6. The van der Waals surface area contributed by atoms with Crippen LogP contribution in [0.5, 0.6) is 0 Å². The number of carbonyl (C=O) groups excluding carboxylic acids is 5. The average molecular weight is 747 g/mol. The Hall–Kier alpha value is -3.85. The fourth-order valence-corrected chi connectivity index (χ4v) is 8.73. The highest BCUT2D eigenvalue weighted by Crippen LogP contribution is 2.46. The SMILES string of the molecule is CC(C)(C)NC(=O)N[C@H]1CCCCC/C=C\[C@H]2C[C@@]2(C(=O)NS(=O)(=O)C2CC2)NC(=O)C2C[C@@H](OC(=O)N3Cc4cccc(Cl)c4C3)CN2C1=O. The van der Waals surface area contributed by atoms with E-state index in [1.54, 1.807) is 6.07 Å². The first-order valence-electron chi connectivity index (χ1n) is 17.7. The van der Waals surface area contributed by atoms with Crippen LogP contribution in [0.25, 0.3) is 0 Å². The molecule has 4 N–H and O–H groups in total. The fraction of sp³-hybridized carbons (Fsp3) is 0.629. The molecule has 3 aliphatic heterocycles. The van der Waals surface area contributed by atoms with Crippen LogP contribution in [0.1, 0.15) is 89.7 Å². The van der Waals surface area contributed by atoms with Gasteiger partial charge in [-0.2, -0.15) is 0 Å². The van der Waals surface area contributed by atoms with E-state index in [1.165, 1.54) is 9.80 Å². The Kier molecular flexibility index (Phi) is 10.3. The smallest absolute Gasteiger partial charge is 0.410 e. The summed E-state index contributed by atoms with van der Waals surface area (Å²) in [6.45, 7) is 5.87. The van der Waals surface area contributed by atoms with Crippen molar-refractivity contribution >= 4 is 51.5 Å². The number of rotatable bonds is 5. The number of sulfonamides is 1. The van der Waals surface area contributed by atoms with E-state index in [0.29, 0.717) is 43.7 Å². The molecule has 1 aromatic rings. The van der Waals surface area contributed by atoms with Gasteiger partial charge in [-0.1, -0.05) is 48.7 Å². The molecule has 51 heavy (non-hydrogen) atoms. The fourth-order valence-electron chi connectivity index (χ4n) is 7.11. The molecule has 5 aliphatic rings. The first-order valence-corrected chi connectivity index (χ1v) is 19.6. The summed E-state index contributed by atoms with van der Waals surface area (Å²) in [6.07, 6.45) is 6.48. The van der Waals surface area contributed by atoms with Crippen molar-refractivity contribution in [1.29, 1.82) is 0 Å². The first kappa shape index (κ1) is 36.9. The molecular formula is C35H47ClN6O8S. The molecule has 1 unspecified atom stereocenters. The second-order valence-corrected chi connectivity index (χ2v) is 17.8. The molecule has 0 radical (unpaired) electrons. The van der Waals surface area contributed by atoms with E-state index in [4.69, 9.17) is 16.3 Å². The van der Waals surface area contributed by atoms with Gasteiger partial charge in [0.2, 0.25) is 21.8 Å². The number of allylic oxidation sites excluding steroid dienone is 1. The molecule has 3 heterocycles. The molecule has 0 aromatic heterocycles. The topological polar surface area (TPSA) is 183 Å². The van der Waals surface area contributed by atoms with Crippen LogP contribution in [-0.2, 0) is 42.2 Å². The van der Waals surface area contributed by atoms with Crippen molar-refractivity contribution in [2.24, 2.45) is 5.92 Å². The van der Waals surface area contributed by atoms with E-state index >= 15 is 0 Å². The summed E-state index contributed by atoms with van der Waals surface area (Å²) in [4.78, 5) is 71.3. The monoisotopic (exact) mass is 746 g/mol. The van der Waals surface area contributed by atoms with Crippen molar-refractivity contribution in [3.63, 3.8) is 0 Å². The number of benzene rings is 1. The van der Waals surface area contributed by atoms with E-state index in [0.717, 1.165) is 24.0 Å². The van der Waals surface area contributed by atoms with Gasteiger partial charge in [0, 0.05) is 29.4 Å². The van der Waals surface area contributed by atoms with Crippen molar-refractivity contribution in [2.75, 3.05) is 6.54 Å². The zero-order valence-electron chi connectivity index (χ0n) is 29.2. The second-order valence-electron chi connectivity index (χ2n) is 15.4. The Labute approximate surface area is 303 Å². The molecule has 0 bridgehead atoms. The van der Waals surface area contributed by atoms with Gasteiger partial charge in [0.1, 0.15) is 23.7 Å². The Morgan fingerprint density at radius 3 is 2.53 bits per heavy atom. The molecular weight excluding hydrogens is 700 g/mol. The van der Waals surface area contributed by atoms with E-state index in [2.05, 4.69) is 20.7 Å². The minimum Gasteiger partial charge on any atom is -0.444 e. The lowest BCUT2D eigenvalue weighted by Gasteiger charge is -2.30. The molecule has 2 aliphatic carbocycles. The molecule has 14 nitrogen and oxygen atoms in total. The third-order valence-electron chi connectivity index (χ3n) is 10.1. The minimum atomic E-state index is -3.90. The van der Waals surface area contributed by atoms with E-state index in [9.17, 15) is 32.4 Å². The van der Waals surface area contributed by atoms with Gasteiger partial charge in [-0.05, 0) is 76.5 Å². The highest BCUT2D eigenvalue weighted by Gasteiger charge is 2.62. The van der Waals surface area contributed by atoms with Gasteiger partial charge in [0.25, 0.3) is 5.91 Å². The van der Waals surface area contributed by atoms with Crippen LogP contribution in [-0.4, -0.2) is 89.1 Å². The summed E-state index contributed by atoms with van der Waals surface area (Å²) in [5, 5.41) is 8.34. The number of nitrogens with one attached hydrogen (secondary N) is 4. The van der Waals surface area contributed by atoms with Crippen molar-refractivity contribution in [1.82, 2.24) is 30.5 Å². The van der Waals surface area contributed by atoms with Crippen LogP contribution in [0.2, 0.25) is 5.02 Å². The molecule has 16 heteroatoms. The molecule has 2 saturated carbocycles. The van der Waals surface area contributed by atoms with Gasteiger partial charge < -0.3 is 25.6 Å². The van der Waals surface area contributed by atoms with Crippen molar-refractivity contribution < 1.29 is 37.1 Å². The number of halogens is 1. The Morgan fingerprint density at radius 2 is 1.82 bits per heavy atom. The Bertz CT molecular complexity index is 1730. The standard InChI is InChI=1S/C35H47ClN6O8S/c1-34(2,3)39-32(46)37-27-13-8-6-4-5-7-11-22-17-35(22,31(45)40-51(48,49)24-14-15-24)38-29(43)28-16-23(19-42(28)30(27)44)50-33(47)41-18-21-10-9-12-26(36)25(21)20-41/h7,9-12,22-24,27-28H,4-6,8,13-20H2,1-3H3,(H,38,43)(H,40,45)(H2,37,39,46)/b11-7-/t22-,23+,27-,28?,35+/m0/s1. The van der Waals surface area contributed by atoms with Crippen LogP contribution < -0.4 is 20.7 Å². The zero-order chi connectivity index (χ0) is 36.7. The largest absolute Gasteiger partial charge is 0.444 e. The lowest BCUT2D eigenvalue weighted by atomic mass is 10.0. The summed E-state index contributed by atoms with van der Waals surface area (Å²) >= 11 is 6.35. The summed E-state index contributed by atoms with van der Waals surface area (Å²) in [5.41, 5.74) is -0.371. The number of ether oxygens (including phenoxy) is 1. The maximum Gasteiger partial charge on any atom is 0.410 e. The highest BCUT2D eigenvalue weighted by atomic mass is 35.5. The van der Waals surface area contributed by atoms with Gasteiger partial charge in [0.05, 0.1) is 18.3 Å². The van der Waals surface area contributed by atoms with Crippen LogP contribution in [0.3, 0.4) is 0 Å². The van der Waals surface area contributed by atoms with E-state index < -0.39 is 80.3 Å². The lowest BCUT2D eigenvalue weighted by Crippen LogP contribution is -2.59. The first-order chi connectivity index (χ1) is 24.1. The van der Waals surface area contributed by atoms with Gasteiger partial charge in [-0.25, -0.2) is 18.0 Å². The van der Waals surface area contributed by atoms with E-state index in [1.807, 2.05) is 45.1 Å². The molecule has 1 saturated heterocycles. The van der Waals surface area contributed by atoms with Gasteiger partial charge in [-0.15, -0.1) is 0 Å². The maximum atomic E-state index is 14.3. The van der Waals surface area contributed by atoms with Crippen LogP contribution >= 0.6 is 11.6 Å². The average Bonchev–Trinajstić information content (AvgIpc) is 3.93. The third-order valence-corrected chi connectivity index (χ3v) is 12.3. The number of nitrogens with zero attached hydrogens (tertiary/aromatic N) is 2. The van der Waals surface area contributed by atoms with Gasteiger partial charge in [0.15, 0.2) is 0 Å². The third kappa shape index (κ3) is 8.45. The molecule has 278 valence electrons. The predicted molar refractivity (Wildman–Crippen MR) is 188 cm³/mol. The molecule has 1 aromatic carbocycles. The summed E-state index contributed by atoms with van der Waals surface area (Å²) in [5.74, 6) is -2.45. The van der Waals surface area contributed by atoms with Crippen molar-refractivity contribution in [3.8, 4) is 0 Å². The lowest BCUT2D eigenvalue weighted by molar-refractivity contribution is -0.141. The normalized spacial score (nSPS) is 28.9. The highest BCUT2D eigenvalue weighted by molar-refractivity contribution is 7.91. The summed E-state index contributed by atoms with van der Waals surface area (Å²) in [7, 11) is -3.90. The number of amides is 6. The van der Waals surface area contributed by atoms with Crippen molar-refractivity contribution in [3.05, 3.63) is 46.5 Å². The quantitative estimate of drug-likeness (QED) is 0.331. The Morgan fingerprint density at radius 1 is 1.06 bits per heavy atom. The Balaban J connectivity index is 1.25. The maximum absolute atomic E-state index is 14.3. The molecule has 0 spiro atoms. The molecule has 6 rings (SSSR count). The number of hydrogen-bond acceptors (Lipinski definition) is 8. The predicted octanol–water partition coefficient (Wildman–Crippen LogP) is 3.23. The van der Waals surface area contributed by atoms with Gasteiger partial charge in [-0.3, -0.25) is 24.0 Å². The number of urea groups is 1. The van der Waals surface area contributed by atoms with Gasteiger partial charge >= 0.3 is 12.1 Å². The summed E-state index contributed by atoms with van der Waals surface area (Å²) in [6, 6.07) is 2.75. The molecule has 6 amide bonds. The van der Waals surface area contributed by atoms with Crippen LogP contribution in [0.15, 0.2) is 30.4 Å².